The van der Waals surface area contributed by atoms with E-state index in [0.29, 0.717) is 6.07 Å². The lowest BCUT2D eigenvalue weighted by Gasteiger charge is -2.41. The molecule has 29 heavy (non-hydrogen) atoms. The largest absolute Gasteiger partial charge is 0.346 e. The Morgan fingerprint density at radius 3 is 2.28 bits per heavy atom. The summed E-state index contributed by atoms with van der Waals surface area (Å²) in [4.78, 5) is 23.6. The summed E-state index contributed by atoms with van der Waals surface area (Å²) < 4.78 is 78.6. The number of halogens is 6. The van der Waals surface area contributed by atoms with E-state index in [1.165, 1.54) is 13.8 Å². The van der Waals surface area contributed by atoms with E-state index in [1.807, 2.05) is 0 Å². The van der Waals surface area contributed by atoms with Gasteiger partial charge in [-0.15, -0.1) is 0 Å². The van der Waals surface area contributed by atoms with Gasteiger partial charge in [0.1, 0.15) is 17.0 Å². The topological polar surface area (TPSA) is 73.5 Å². The van der Waals surface area contributed by atoms with Crippen LogP contribution in [0.15, 0.2) is 23.1 Å². The lowest BCUT2D eigenvalue weighted by molar-refractivity contribution is -0.134. The molecule has 1 aromatic rings. The summed E-state index contributed by atoms with van der Waals surface area (Å²) in [6.45, 7) is 2.60. The zero-order valence-corrected chi connectivity index (χ0v) is 16.9. The summed E-state index contributed by atoms with van der Waals surface area (Å²) in [5.74, 6) is -2.65. The first-order valence-corrected chi connectivity index (χ1v) is 10.3. The predicted molar refractivity (Wildman–Crippen MR) is 96.1 cm³/mol. The van der Waals surface area contributed by atoms with Crippen molar-refractivity contribution < 1.29 is 33.4 Å². The fourth-order valence-electron chi connectivity index (χ4n) is 2.84. The molecule has 3 N–H and O–H groups in total. The van der Waals surface area contributed by atoms with Crippen molar-refractivity contribution in [3.8, 4) is 0 Å². The van der Waals surface area contributed by atoms with Gasteiger partial charge in [-0.2, -0.15) is 0 Å². The Morgan fingerprint density at radius 2 is 1.79 bits per heavy atom. The van der Waals surface area contributed by atoms with Crippen LogP contribution < -0.4 is 16.0 Å². The Hall–Kier alpha value is -1.99. The van der Waals surface area contributed by atoms with Gasteiger partial charge < -0.3 is 10.6 Å². The van der Waals surface area contributed by atoms with Crippen molar-refractivity contribution in [2.24, 2.45) is 0 Å². The Kier molecular flexibility index (Phi) is 5.22. The molecule has 1 aromatic carbocycles. The number of hydrogen-bond donors (Lipinski definition) is 3. The molecule has 2 rings (SSSR count). The van der Waals surface area contributed by atoms with Crippen molar-refractivity contribution in [2.45, 2.75) is 43.0 Å². The van der Waals surface area contributed by atoms with Crippen LogP contribution >= 0.6 is 10.2 Å². The summed E-state index contributed by atoms with van der Waals surface area (Å²) in [5.41, 5.74) is -1.96. The molecule has 1 aliphatic heterocycles. The molecule has 0 spiro atoms. The van der Waals surface area contributed by atoms with Crippen LogP contribution in [-0.2, 0) is 15.1 Å². The van der Waals surface area contributed by atoms with Crippen molar-refractivity contribution in [1.29, 1.82) is 0 Å². The summed E-state index contributed by atoms with van der Waals surface area (Å²) in [6, 6.07) is -0.615. The lowest BCUT2D eigenvalue weighted by Crippen LogP contribution is -2.66. The third kappa shape index (κ3) is 5.54. The van der Waals surface area contributed by atoms with Crippen LogP contribution in [-0.4, -0.2) is 43.1 Å². The summed E-state index contributed by atoms with van der Waals surface area (Å²) in [7, 11) is -6.73. The van der Waals surface area contributed by atoms with Crippen molar-refractivity contribution in [2.75, 3.05) is 14.1 Å². The standard InChI is InChI=1S/C16H22F6N4O2S/c1-16(2,10-6-5-9(7-11(10)17)29(18,19,20,21)22)25-14(28)12-8-13(27)24-15(23-12)26(3)4/h5-7,12,15,23H,8H2,1-4H3,(H,24,27)(H,25,28). The van der Waals surface area contributed by atoms with Gasteiger partial charge in [0, 0.05) is 5.56 Å². The van der Waals surface area contributed by atoms with Crippen LogP contribution in [0, 0.1) is 5.82 Å². The first-order valence-electron chi connectivity index (χ1n) is 8.38. The summed E-state index contributed by atoms with van der Waals surface area (Å²) in [6.07, 6.45) is -0.846. The molecule has 0 radical (unpaired) electrons. The minimum atomic E-state index is -10.0. The molecule has 166 valence electrons. The molecule has 2 unspecified atom stereocenters. The zero-order valence-electron chi connectivity index (χ0n) is 16.0. The minimum Gasteiger partial charge on any atom is -0.346 e. The molecule has 1 fully saturated rings. The smallest absolute Gasteiger partial charge is 0.310 e. The highest BCUT2D eigenvalue weighted by molar-refractivity contribution is 8.45. The molecule has 0 aliphatic carbocycles. The van der Waals surface area contributed by atoms with Gasteiger partial charge in [-0.25, -0.2) is 4.39 Å². The van der Waals surface area contributed by atoms with E-state index in [2.05, 4.69) is 16.0 Å². The second-order valence-corrected chi connectivity index (χ2v) is 9.99. The van der Waals surface area contributed by atoms with Gasteiger partial charge in [0.15, 0.2) is 0 Å². The van der Waals surface area contributed by atoms with Gasteiger partial charge in [-0.1, -0.05) is 25.5 Å². The number of rotatable bonds is 5. The number of benzene rings is 1. The van der Waals surface area contributed by atoms with Crippen molar-refractivity contribution in [1.82, 2.24) is 20.9 Å². The molecule has 1 aliphatic rings. The Balaban J connectivity index is 2.25. The summed E-state index contributed by atoms with van der Waals surface area (Å²) in [5, 5.41) is 7.89. The maximum absolute atomic E-state index is 14.3. The van der Waals surface area contributed by atoms with E-state index >= 15 is 0 Å². The van der Waals surface area contributed by atoms with Crippen LogP contribution in [0.5, 0.6) is 0 Å². The van der Waals surface area contributed by atoms with Gasteiger partial charge in [0.05, 0.1) is 18.0 Å². The Bertz CT molecular complexity index is 844. The first kappa shape index (κ1) is 23.3. The van der Waals surface area contributed by atoms with E-state index in [-0.39, 0.29) is 18.6 Å². The summed E-state index contributed by atoms with van der Waals surface area (Å²) >= 11 is 0. The third-order valence-corrected chi connectivity index (χ3v) is 5.52. The lowest BCUT2D eigenvalue weighted by atomic mass is 9.93. The molecule has 0 bridgehead atoms. The van der Waals surface area contributed by atoms with E-state index in [1.54, 1.807) is 19.0 Å². The van der Waals surface area contributed by atoms with Crippen LogP contribution in [0.4, 0.5) is 23.8 Å². The molecule has 1 saturated heterocycles. The maximum Gasteiger partial charge on any atom is 0.310 e. The van der Waals surface area contributed by atoms with Crippen molar-refractivity contribution in [3.05, 3.63) is 29.6 Å². The molecular formula is C16H22F6N4O2S. The number of nitrogens with one attached hydrogen (secondary N) is 3. The number of carbonyl (C=O) groups is 2. The number of nitrogens with zero attached hydrogens (tertiary/aromatic N) is 1. The second-order valence-electron chi connectivity index (χ2n) is 7.58. The maximum atomic E-state index is 14.3. The van der Waals surface area contributed by atoms with Crippen LogP contribution in [0.3, 0.4) is 0 Å². The van der Waals surface area contributed by atoms with Gasteiger partial charge >= 0.3 is 10.2 Å². The SMILES string of the molecule is CN(C)C1NC(=O)CC(C(=O)NC(C)(C)c2ccc(S(F)(F)(F)(F)F)cc2F)N1. The number of hydrogen-bond acceptors (Lipinski definition) is 4. The number of amides is 2. The van der Waals surface area contributed by atoms with Gasteiger partial charge in [0.2, 0.25) is 11.8 Å². The average molecular weight is 448 g/mol. The van der Waals surface area contributed by atoms with Gasteiger partial charge in [0.25, 0.3) is 0 Å². The Morgan fingerprint density at radius 1 is 1.21 bits per heavy atom. The molecule has 0 aromatic heterocycles. The highest BCUT2D eigenvalue weighted by Gasteiger charge is 2.65. The van der Waals surface area contributed by atoms with E-state index in [9.17, 15) is 33.4 Å². The molecule has 2 amide bonds. The van der Waals surface area contributed by atoms with Crippen molar-refractivity contribution >= 4 is 22.0 Å². The van der Waals surface area contributed by atoms with Gasteiger partial charge in [-0.05, 0) is 40.1 Å². The van der Waals surface area contributed by atoms with E-state index in [4.69, 9.17) is 0 Å². The third-order valence-electron chi connectivity index (χ3n) is 4.37. The van der Waals surface area contributed by atoms with Crippen molar-refractivity contribution in [3.63, 3.8) is 0 Å². The molecule has 0 saturated carbocycles. The minimum absolute atomic E-state index is 0.0856. The normalized spacial score (nSPS) is 23.2. The predicted octanol–water partition coefficient (Wildman–Crippen LogP) is 3.16. The van der Waals surface area contributed by atoms with E-state index < -0.39 is 56.2 Å². The number of carbonyl (C=O) groups excluding carboxylic acids is 2. The van der Waals surface area contributed by atoms with Gasteiger partial charge in [-0.3, -0.25) is 19.8 Å². The fourth-order valence-corrected chi connectivity index (χ4v) is 3.49. The molecular weight excluding hydrogens is 426 g/mol. The molecule has 2 atom stereocenters. The highest BCUT2D eigenvalue weighted by atomic mass is 32.5. The fraction of sp³-hybridized carbons (Fsp3) is 0.500. The molecule has 13 heteroatoms. The Labute approximate surface area is 163 Å². The first-order chi connectivity index (χ1) is 12.8. The average Bonchev–Trinajstić information content (AvgIpc) is 2.51. The van der Waals surface area contributed by atoms with Crippen LogP contribution in [0.25, 0.3) is 0 Å². The van der Waals surface area contributed by atoms with E-state index in [0.717, 1.165) is 0 Å². The van der Waals surface area contributed by atoms with Crippen LogP contribution in [0.2, 0.25) is 0 Å². The zero-order chi connectivity index (χ0) is 22.5. The monoisotopic (exact) mass is 448 g/mol. The molecule has 1 heterocycles. The molecule has 6 nitrogen and oxygen atoms in total. The highest BCUT2D eigenvalue weighted by Crippen LogP contribution is 3.02. The second kappa shape index (κ2) is 6.51. The van der Waals surface area contributed by atoms with Crippen LogP contribution in [0.1, 0.15) is 25.8 Å². The quantitative estimate of drug-likeness (QED) is 0.606.